The maximum absolute atomic E-state index is 6.59. The van der Waals surface area contributed by atoms with Gasteiger partial charge in [0.2, 0.25) is 0 Å². The second-order valence-corrected chi connectivity index (χ2v) is 10.0. The Labute approximate surface area is 218 Å². The topological polar surface area (TPSA) is 18.5 Å². The monoisotopic (exact) mass is 496 g/mol. The third-order valence-corrected chi connectivity index (χ3v) is 7.78. The van der Waals surface area contributed by atoms with Crippen LogP contribution in [0.2, 0.25) is 0 Å². The van der Waals surface area contributed by atoms with Crippen LogP contribution in [0.5, 0.6) is 0 Å². The molecule has 0 amide bonds. The van der Waals surface area contributed by atoms with Crippen molar-refractivity contribution in [3.05, 3.63) is 118 Å². The van der Waals surface area contributed by atoms with Gasteiger partial charge in [-0.15, -0.1) is 0 Å². The van der Waals surface area contributed by atoms with Gasteiger partial charge in [0.05, 0.1) is 13.2 Å². The van der Waals surface area contributed by atoms with Gasteiger partial charge in [-0.1, -0.05) is 60.7 Å². The molecule has 0 aromatic heterocycles. The molecule has 35 heavy (non-hydrogen) atoms. The van der Waals surface area contributed by atoms with E-state index in [9.17, 15) is 0 Å². The Morgan fingerprint density at radius 2 is 1.06 bits per heavy atom. The molecule has 2 aromatic carbocycles. The fourth-order valence-electron chi connectivity index (χ4n) is 5.64. The quantitative estimate of drug-likeness (QED) is 0.293. The molecule has 176 valence electrons. The Morgan fingerprint density at radius 3 is 1.51 bits per heavy atom. The summed E-state index contributed by atoms with van der Waals surface area (Å²) in [5, 5.41) is 0. The zero-order chi connectivity index (χ0) is 23.8. The maximum atomic E-state index is 6.59. The van der Waals surface area contributed by atoms with Gasteiger partial charge in [0.25, 0.3) is 0 Å². The van der Waals surface area contributed by atoms with E-state index in [1.165, 1.54) is 44.5 Å². The van der Waals surface area contributed by atoms with Crippen molar-refractivity contribution in [2.24, 2.45) is 5.41 Å². The minimum Gasteiger partial charge on any atom is -0.496 e. The lowest BCUT2D eigenvalue weighted by atomic mass is 9.63. The highest BCUT2D eigenvalue weighted by atomic mass is 32.1. The van der Waals surface area contributed by atoms with Crippen LogP contribution in [0.25, 0.3) is 23.3 Å². The predicted octanol–water partition coefficient (Wildman–Crippen LogP) is 7.40. The molecular formula is C31H28O2S2. The van der Waals surface area contributed by atoms with Gasteiger partial charge in [0, 0.05) is 0 Å². The van der Waals surface area contributed by atoms with Gasteiger partial charge < -0.3 is 9.47 Å². The van der Waals surface area contributed by atoms with Crippen LogP contribution in [0, 0.1) is 5.41 Å². The van der Waals surface area contributed by atoms with Crippen LogP contribution < -0.4 is 0 Å². The summed E-state index contributed by atoms with van der Waals surface area (Å²) in [6, 6.07) is 17.2. The van der Waals surface area contributed by atoms with E-state index in [-0.39, 0.29) is 0 Å². The number of ether oxygens (including phenoxy) is 2. The molecule has 0 saturated carbocycles. The molecule has 4 heteroatoms. The van der Waals surface area contributed by atoms with Crippen LogP contribution in [0.3, 0.4) is 0 Å². The number of hydrogen-bond donors (Lipinski definition) is 2. The van der Waals surface area contributed by atoms with Gasteiger partial charge in [-0.05, 0) is 93.2 Å². The largest absolute Gasteiger partial charge is 0.496 e. The van der Waals surface area contributed by atoms with Crippen LogP contribution >= 0.6 is 25.3 Å². The van der Waals surface area contributed by atoms with E-state index in [4.69, 9.17) is 9.47 Å². The summed E-state index contributed by atoms with van der Waals surface area (Å²) < 4.78 is 13.2. The summed E-state index contributed by atoms with van der Waals surface area (Å²) in [5.74, 6) is 3.42. The minimum atomic E-state index is -0.639. The molecule has 0 saturated heterocycles. The normalized spacial score (nSPS) is 18.2. The van der Waals surface area contributed by atoms with E-state index < -0.39 is 5.41 Å². The Kier molecular flexibility index (Phi) is 6.03. The lowest BCUT2D eigenvalue weighted by Gasteiger charge is -2.44. The number of thiol groups is 2. The molecule has 6 rings (SSSR count). The van der Waals surface area contributed by atoms with Crippen LogP contribution in [0.4, 0.5) is 0 Å². The zero-order valence-corrected chi connectivity index (χ0v) is 21.3. The second kappa shape index (κ2) is 9.33. The summed E-state index contributed by atoms with van der Waals surface area (Å²) in [7, 11) is 0. The number of allylic oxidation sites excluding steroid dienone is 6. The highest BCUT2D eigenvalue weighted by molar-refractivity contribution is 7.80. The number of fused-ring (bicyclic) bond motifs is 8. The van der Waals surface area contributed by atoms with Crippen LogP contribution in [-0.2, 0) is 9.47 Å². The molecule has 2 aromatic rings. The molecule has 0 bridgehead atoms. The van der Waals surface area contributed by atoms with Crippen molar-refractivity contribution in [2.45, 2.75) is 12.8 Å². The summed E-state index contributed by atoms with van der Waals surface area (Å²) in [5.41, 5.74) is 9.28. The molecule has 0 aliphatic heterocycles. The van der Waals surface area contributed by atoms with Crippen LogP contribution in [-0.4, -0.2) is 24.7 Å². The molecule has 0 atom stereocenters. The van der Waals surface area contributed by atoms with Crippen molar-refractivity contribution in [3.63, 3.8) is 0 Å². The van der Waals surface area contributed by atoms with Crippen LogP contribution in [0.15, 0.2) is 95.5 Å². The van der Waals surface area contributed by atoms with Crippen molar-refractivity contribution in [2.75, 3.05) is 24.7 Å². The standard InChI is InChI=1S/C31H28O2S2/c34-17-5-15-32-29-13-11-25-23-9-3-1-7-21(23)19-27(25)31(29)28-20-22-8-2-4-10-24(22)26(28)12-14-30(31)33-16-6-18-35/h1-4,7-14,19-20,34-35H,5-6,15-18H2. The molecule has 0 heterocycles. The molecule has 4 aliphatic carbocycles. The lowest BCUT2D eigenvalue weighted by Crippen LogP contribution is -2.36. The number of rotatable bonds is 8. The number of hydrogen-bond acceptors (Lipinski definition) is 4. The van der Waals surface area contributed by atoms with Crippen molar-refractivity contribution < 1.29 is 9.47 Å². The van der Waals surface area contributed by atoms with Crippen molar-refractivity contribution in [3.8, 4) is 0 Å². The van der Waals surface area contributed by atoms with Crippen molar-refractivity contribution in [1.82, 2.24) is 0 Å². The van der Waals surface area contributed by atoms with Gasteiger partial charge in [-0.2, -0.15) is 25.3 Å². The third kappa shape index (κ3) is 3.49. The summed E-state index contributed by atoms with van der Waals surface area (Å²) in [4.78, 5) is 0. The van der Waals surface area contributed by atoms with E-state index in [1.54, 1.807) is 0 Å². The molecule has 2 nitrogen and oxygen atoms in total. The van der Waals surface area contributed by atoms with E-state index >= 15 is 0 Å². The Bertz CT molecular complexity index is 1260. The highest BCUT2D eigenvalue weighted by Crippen LogP contribution is 2.64. The van der Waals surface area contributed by atoms with E-state index in [2.05, 4.69) is 110 Å². The predicted molar refractivity (Wildman–Crippen MR) is 152 cm³/mol. The fraction of sp³-hybridized carbons (Fsp3) is 0.226. The lowest BCUT2D eigenvalue weighted by molar-refractivity contribution is 0.119. The second-order valence-electron chi connectivity index (χ2n) is 9.11. The average molecular weight is 497 g/mol. The third-order valence-electron chi connectivity index (χ3n) is 7.15. The molecule has 0 fully saturated rings. The van der Waals surface area contributed by atoms with Gasteiger partial charge in [0.15, 0.2) is 0 Å². The SMILES string of the molecule is SCCCOC1=CC=C2C(=Cc3ccccc32)C12C(OCCCS)=CC=C1C2=Cc2ccccc21. The first-order chi connectivity index (χ1) is 17.3. The molecule has 4 aliphatic rings. The zero-order valence-electron chi connectivity index (χ0n) is 19.5. The average Bonchev–Trinajstić information content (AvgIpc) is 3.46. The van der Waals surface area contributed by atoms with E-state index in [0.29, 0.717) is 13.2 Å². The van der Waals surface area contributed by atoms with Gasteiger partial charge in [-0.3, -0.25) is 0 Å². The highest BCUT2D eigenvalue weighted by Gasteiger charge is 2.55. The van der Waals surface area contributed by atoms with Crippen LogP contribution in [0.1, 0.15) is 35.1 Å². The van der Waals surface area contributed by atoms with E-state index in [1.807, 2.05) is 0 Å². The van der Waals surface area contributed by atoms with Gasteiger partial charge >= 0.3 is 0 Å². The Balaban J connectivity index is 1.57. The van der Waals surface area contributed by atoms with Crippen molar-refractivity contribution >= 4 is 48.6 Å². The Morgan fingerprint density at radius 1 is 0.600 bits per heavy atom. The van der Waals surface area contributed by atoms with Crippen molar-refractivity contribution in [1.29, 1.82) is 0 Å². The van der Waals surface area contributed by atoms with Gasteiger partial charge in [0.1, 0.15) is 16.9 Å². The molecular weight excluding hydrogens is 468 g/mol. The molecule has 1 spiro atoms. The van der Waals surface area contributed by atoms with Gasteiger partial charge in [-0.25, -0.2) is 0 Å². The summed E-state index contributed by atoms with van der Waals surface area (Å²) in [6.45, 7) is 1.23. The first-order valence-electron chi connectivity index (χ1n) is 12.2. The molecule has 0 radical (unpaired) electrons. The van der Waals surface area contributed by atoms with E-state index in [0.717, 1.165) is 35.9 Å². The number of benzene rings is 2. The first-order valence-corrected chi connectivity index (χ1v) is 13.5. The Hall–Kier alpha value is -2.82. The summed E-state index contributed by atoms with van der Waals surface area (Å²) in [6.07, 6.45) is 15.2. The fourth-order valence-corrected chi connectivity index (χ4v) is 5.90. The molecule has 0 N–H and O–H groups in total. The minimum absolute atomic E-state index is 0.615. The maximum Gasteiger partial charge on any atom is 0.136 e. The molecule has 0 unspecified atom stereocenters. The first kappa shape index (κ1) is 22.6. The smallest absolute Gasteiger partial charge is 0.136 e. The summed E-state index contributed by atoms with van der Waals surface area (Å²) >= 11 is 8.83.